The van der Waals surface area contributed by atoms with Gasteiger partial charge in [0.1, 0.15) is 6.29 Å². The average molecular weight is 136 g/mol. The Morgan fingerprint density at radius 1 is 1.40 bits per heavy atom. The smallest absolute Gasteiger partial charge is 0.123 e. The summed E-state index contributed by atoms with van der Waals surface area (Å²) in [5, 5.41) is 0. The first-order chi connectivity index (χ1) is 4.78. The number of hydrogen-bond acceptors (Lipinski definition) is 1. The zero-order chi connectivity index (χ0) is 6.93. The van der Waals surface area contributed by atoms with Crippen molar-refractivity contribution in [2.45, 2.75) is 19.8 Å². The normalized spacial score (nSPS) is 68.5. The summed E-state index contributed by atoms with van der Waals surface area (Å²) in [5.41, 5.74) is 0.492. The highest BCUT2D eigenvalue weighted by Crippen LogP contribution is 2.80. The monoisotopic (exact) mass is 136 g/mol. The first-order valence-corrected chi connectivity index (χ1v) is 4.23. The van der Waals surface area contributed by atoms with Crippen LogP contribution in [0.2, 0.25) is 0 Å². The van der Waals surface area contributed by atoms with E-state index < -0.39 is 0 Å². The third-order valence-electron chi connectivity index (χ3n) is 4.46. The van der Waals surface area contributed by atoms with E-state index in [1.807, 2.05) is 0 Å². The van der Waals surface area contributed by atoms with E-state index in [2.05, 4.69) is 6.92 Å². The van der Waals surface area contributed by atoms with E-state index in [9.17, 15) is 4.79 Å². The Bertz CT molecular complexity index is 197. The van der Waals surface area contributed by atoms with Gasteiger partial charge in [0.05, 0.1) is 0 Å². The minimum absolute atomic E-state index is 0.447. The van der Waals surface area contributed by atoms with Crippen LogP contribution in [-0.4, -0.2) is 6.29 Å². The topological polar surface area (TPSA) is 17.1 Å². The van der Waals surface area contributed by atoms with Gasteiger partial charge in [0.2, 0.25) is 0 Å². The largest absolute Gasteiger partial charge is 0.303 e. The van der Waals surface area contributed by atoms with Crippen LogP contribution < -0.4 is 0 Å². The lowest BCUT2D eigenvalue weighted by Gasteiger charge is -2.10. The summed E-state index contributed by atoms with van der Waals surface area (Å²) in [6.07, 6.45) is 3.95. The lowest BCUT2D eigenvalue weighted by atomic mass is 9.92. The van der Waals surface area contributed by atoms with E-state index in [0.29, 0.717) is 11.3 Å². The molecule has 0 aliphatic heterocycles. The van der Waals surface area contributed by atoms with Crippen molar-refractivity contribution in [2.75, 3.05) is 0 Å². The van der Waals surface area contributed by atoms with Crippen LogP contribution in [0.3, 0.4) is 0 Å². The van der Waals surface area contributed by atoms with Crippen LogP contribution in [0.4, 0.5) is 0 Å². The molecule has 4 rings (SSSR count). The molecular weight excluding hydrogens is 124 g/mol. The fraction of sp³-hybridized carbons (Fsp3) is 0.889. The third-order valence-corrected chi connectivity index (χ3v) is 4.46. The van der Waals surface area contributed by atoms with Crippen LogP contribution in [0.25, 0.3) is 0 Å². The van der Waals surface area contributed by atoms with Gasteiger partial charge in [-0.15, -0.1) is 0 Å². The summed E-state index contributed by atoms with van der Waals surface area (Å²) in [6, 6.07) is 0. The molecule has 1 heteroatoms. The van der Waals surface area contributed by atoms with Crippen molar-refractivity contribution in [1.82, 2.24) is 0 Å². The molecule has 54 valence electrons. The van der Waals surface area contributed by atoms with Gasteiger partial charge in [-0.05, 0) is 36.0 Å². The maximum Gasteiger partial charge on any atom is 0.123 e. The summed E-state index contributed by atoms with van der Waals surface area (Å²) in [7, 11) is 0. The van der Waals surface area contributed by atoms with Crippen LogP contribution in [0.5, 0.6) is 0 Å². The second-order valence-corrected chi connectivity index (χ2v) is 4.47. The van der Waals surface area contributed by atoms with Gasteiger partial charge in [-0.1, -0.05) is 6.92 Å². The summed E-state index contributed by atoms with van der Waals surface area (Å²) >= 11 is 0. The molecule has 0 N–H and O–H groups in total. The van der Waals surface area contributed by atoms with Gasteiger partial charge < -0.3 is 4.79 Å². The molecule has 0 radical (unpaired) electrons. The minimum atomic E-state index is 0.447. The predicted octanol–water partition coefficient (Wildman–Crippen LogP) is 1.48. The Morgan fingerprint density at radius 3 is 2.20 bits per heavy atom. The highest BCUT2D eigenvalue weighted by atomic mass is 16.1. The SMILES string of the molecule is CC12C(C=O)C3CC1C2C3. The second-order valence-electron chi connectivity index (χ2n) is 4.47. The van der Waals surface area contributed by atoms with Crippen molar-refractivity contribution in [2.24, 2.45) is 29.1 Å². The number of rotatable bonds is 1. The lowest BCUT2D eigenvalue weighted by Crippen LogP contribution is -2.12. The molecule has 1 nitrogen and oxygen atoms in total. The minimum Gasteiger partial charge on any atom is -0.303 e. The van der Waals surface area contributed by atoms with Crippen molar-refractivity contribution in [1.29, 1.82) is 0 Å². The predicted molar refractivity (Wildman–Crippen MR) is 37.4 cm³/mol. The van der Waals surface area contributed by atoms with Gasteiger partial charge in [-0.3, -0.25) is 0 Å². The molecule has 0 spiro atoms. The Hall–Kier alpha value is -0.330. The van der Waals surface area contributed by atoms with E-state index in [4.69, 9.17) is 0 Å². The molecular formula is C9H12O. The third kappa shape index (κ3) is 0.301. The lowest BCUT2D eigenvalue weighted by molar-refractivity contribution is -0.113. The van der Waals surface area contributed by atoms with Crippen molar-refractivity contribution in [3.63, 3.8) is 0 Å². The quantitative estimate of drug-likeness (QED) is 0.499. The molecule has 0 saturated heterocycles. The molecule has 3 unspecified atom stereocenters. The first-order valence-electron chi connectivity index (χ1n) is 4.23. The molecule has 4 fully saturated rings. The summed E-state index contributed by atoms with van der Waals surface area (Å²) < 4.78 is 0. The van der Waals surface area contributed by atoms with Gasteiger partial charge in [0, 0.05) is 5.92 Å². The Kier molecular flexibility index (Phi) is 0.637. The van der Waals surface area contributed by atoms with Gasteiger partial charge >= 0.3 is 0 Å². The molecule has 4 bridgehead atoms. The Labute approximate surface area is 60.8 Å². The van der Waals surface area contributed by atoms with Gasteiger partial charge in [0.15, 0.2) is 0 Å². The van der Waals surface area contributed by atoms with E-state index in [1.54, 1.807) is 0 Å². The molecule has 4 aliphatic carbocycles. The summed E-state index contributed by atoms with van der Waals surface area (Å²) in [6.45, 7) is 2.31. The van der Waals surface area contributed by atoms with Crippen LogP contribution in [-0.2, 0) is 4.79 Å². The second kappa shape index (κ2) is 1.19. The molecule has 10 heavy (non-hydrogen) atoms. The number of hydrogen-bond donors (Lipinski definition) is 0. The first kappa shape index (κ1) is 5.34. The van der Waals surface area contributed by atoms with Crippen LogP contribution in [0.1, 0.15) is 19.8 Å². The summed E-state index contributed by atoms with van der Waals surface area (Å²) in [5.74, 6) is 3.14. The molecule has 0 amide bonds. The molecule has 4 saturated carbocycles. The number of aldehydes is 1. The zero-order valence-electron chi connectivity index (χ0n) is 6.21. The van der Waals surface area contributed by atoms with E-state index in [-0.39, 0.29) is 0 Å². The molecule has 0 aromatic heterocycles. The summed E-state index contributed by atoms with van der Waals surface area (Å²) in [4.78, 5) is 10.7. The Balaban J connectivity index is 2.08. The molecule has 3 atom stereocenters. The standard InChI is InChI=1S/C9H12O/c1-9-6-2-5(3-7(6)9)8(9)4-10/h4-8H,2-3H2,1H3. The van der Waals surface area contributed by atoms with Crippen LogP contribution in [0.15, 0.2) is 0 Å². The molecule has 0 aromatic carbocycles. The van der Waals surface area contributed by atoms with Gasteiger partial charge in [0.25, 0.3) is 0 Å². The van der Waals surface area contributed by atoms with Crippen molar-refractivity contribution < 1.29 is 4.79 Å². The van der Waals surface area contributed by atoms with Crippen LogP contribution in [0, 0.1) is 29.1 Å². The average Bonchev–Trinajstić information content (AvgIpc) is 2.41. The Morgan fingerprint density at radius 2 is 2.00 bits per heavy atom. The zero-order valence-corrected chi connectivity index (χ0v) is 6.21. The van der Waals surface area contributed by atoms with E-state index in [1.165, 1.54) is 19.1 Å². The number of carbonyl (C=O) groups is 1. The van der Waals surface area contributed by atoms with Crippen molar-refractivity contribution in [3.8, 4) is 0 Å². The highest BCUT2D eigenvalue weighted by molar-refractivity contribution is 5.60. The number of carbonyl (C=O) groups excluding carboxylic acids is 1. The van der Waals surface area contributed by atoms with Crippen molar-refractivity contribution >= 4 is 6.29 Å². The molecule has 4 aliphatic rings. The van der Waals surface area contributed by atoms with E-state index >= 15 is 0 Å². The maximum atomic E-state index is 10.7. The maximum absolute atomic E-state index is 10.7. The van der Waals surface area contributed by atoms with Crippen LogP contribution >= 0.6 is 0 Å². The fourth-order valence-electron chi connectivity index (χ4n) is 3.86. The highest BCUT2D eigenvalue weighted by Gasteiger charge is 2.76. The van der Waals surface area contributed by atoms with Crippen molar-refractivity contribution in [3.05, 3.63) is 0 Å². The molecule has 0 aromatic rings. The van der Waals surface area contributed by atoms with Gasteiger partial charge in [-0.25, -0.2) is 0 Å². The fourth-order valence-corrected chi connectivity index (χ4v) is 3.86. The van der Waals surface area contributed by atoms with E-state index in [0.717, 1.165) is 17.8 Å². The molecule has 0 heterocycles. The van der Waals surface area contributed by atoms with Gasteiger partial charge in [-0.2, -0.15) is 0 Å².